The summed E-state index contributed by atoms with van der Waals surface area (Å²) in [6.45, 7) is 0.188. The minimum atomic E-state index is -0.113. The summed E-state index contributed by atoms with van der Waals surface area (Å²) in [5, 5.41) is 14.4. The van der Waals surface area contributed by atoms with Crippen molar-refractivity contribution in [2.75, 3.05) is 17.2 Å². The Labute approximate surface area is 131 Å². The monoisotopic (exact) mass is 343 g/mol. The third-order valence-corrected chi connectivity index (χ3v) is 3.35. The van der Waals surface area contributed by atoms with Crippen LogP contribution in [-0.2, 0) is 11.2 Å². The van der Waals surface area contributed by atoms with Gasteiger partial charge in [-0.15, -0.1) is 0 Å². The Bertz CT molecular complexity index is 645. The molecule has 2 aromatic rings. The molecule has 0 spiro atoms. The van der Waals surface area contributed by atoms with E-state index in [1.165, 1.54) is 0 Å². The van der Waals surface area contributed by atoms with Gasteiger partial charge in [-0.2, -0.15) is 5.26 Å². The average Bonchev–Trinajstić information content (AvgIpc) is 2.49. The summed E-state index contributed by atoms with van der Waals surface area (Å²) >= 11 is 3.34. The van der Waals surface area contributed by atoms with Gasteiger partial charge in [0.1, 0.15) is 0 Å². The molecule has 0 atom stereocenters. The van der Waals surface area contributed by atoms with Gasteiger partial charge in [0.2, 0.25) is 5.91 Å². The van der Waals surface area contributed by atoms with E-state index in [1.807, 2.05) is 48.5 Å². The first kappa shape index (κ1) is 15.1. The Morgan fingerprint density at radius 2 is 1.67 bits per heavy atom. The molecule has 0 aliphatic rings. The summed E-state index contributed by atoms with van der Waals surface area (Å²) in [7, 11) is 0. The van der Waals surface area contributed by atoms with Gasteiger partial charge in [-0.3, -0.25) is 4.79 Å². The Morgan fingerprint density at radius 1 is 1.05 bits per heavy atom. The molecule has 0 saturated carbocycles. The van der Waals surface area contributed by atoms with E-state index in [4.69, 9.17) is 5.26 Å². The van der Waals surface area contributed by atoms with E-state index in [9.17, 15) is 4.79 Å². The average molecular weight is 344 g/mol. The number of benzene rings is 2. The normalized spacial score (nSPS) is 9.71. The van der Waals surface area contributed by atoms with Crippen molar-refractivity contribution in [1.29, 1.82) is 5.26 Å². The quantitative estimate of drug-likeness (QED) is 0.872. The summed E-state index contributed by atoms with van der Waals surface area (Å²) in [5.41, 5.74) is 2.57. The number of rotatable bonds is 5. The molecule has 2 N–H and O–H groups in total. The lowest BCUT2D eigenvalue weighted by atomic mass is 10.1. The Balaban J connectivity index is 1.83. The zero-order chi connectivity index (χ0) is 15.1. The van der Waals surface area contributed by atoms with Crippen LogP contribution in [0.4, 0.5) is 11.4 Å². The number of hydrogen-bond donors (Lipinski definition) is 2. The summed E-state index contributed by atoms with van der Waals surface area (Å²) in [6, 6.07) is 17.0. The number of anilines is 2. The van der Waals surface area contributed by atoms with Crippen LogP contribution in [0.5, 0.6) is 0 Å². The van der Waals surface area contributed by atoms with E-state index in [1.54, 1.807) is 0 Å². The molecule has 0 fully saturated rings. The van der Waals surface area contributed by atoms with E-state index in [0.717, 1.165) is 21.4 Å². The zero-order valence-corrected chi connectivity index (χ0v) is 12.9. The van der Waals surface area contributed by atoms with Crippen LogP contribution in [0.3, 0.4) is 0 Å². The van der Waals surface area contributed by atoms with Crippen LogP contribution >= 0.6 is 15.9 Å². The molecule has 2 aromatic carbocycles. The molecule has 4 nitrogen and oxygen atoms in total. The first-order chi connectivity index (χ1) is 10.2. The fourth-order valence-electron chi connectivity index (χ4n) is 1.75. The lowest BCUT2D eigenvalue weighted by Gasteiger charge is -2.08. The van der Waals surface area contributed by atoms with Gasteiger partial charge in [0, 0.05) is 15.8 Å². The molecule has 21 heavy (non-hydrogen) atoms. The molecule has 5 heteroatoms. The van der Waals surface area contributed by atoms with Crippen LogP contribution in [0, 0.1) is 11.3 Å². The topological polar surface area (TPSA) is 64.9 Å². The molecule has 0 saturated heterocycles. The van der Waals surface area contributed by atoms with Crippen LogP contribution < -0.4 is 10.6 Å². The molecule has 0 aliphatic heterocycles. The number of nitrogens with zero attached hydrogens (tertiary/aromatic N) is 1. The summed E-state index contributed by atoms with van der Waals surface area (Å²) in [6.07, 6.45) is 0.393. The van der Waals surface area contributed by atoms with E-state index in [0.29, 0.717) is 6.42 Å². The van der Waals surface area contributed by atoms with Crippen LogP contribution in [0.25, 0.3) is 0 Å². The largest absolute Gasteiger partial charge is 0.376 e. The number of halogens is 1. The first-order valence-electron chi connectivity index (χ1n) is 6.42. The van der Waals surface area contributed by atoms with E-state index >= 15 is 0 Å². The van der Waals surface area contributed by atoms with Gasteiger partial charge in [0.05, 0.1) is 19.0 Å². The van der Waals surface area contributed by atoms with Crippen LogP contribution in [-0.4, -0.2) is 12.5 Å². The van der Waals surface area contributed by atoms with Crippen molar-refractivity contribution in [3.63, 3.8) is 0 Å². The first-order valence-corrected chi connectivity index (χ1v) is 7.22. The van der Waals surface area contributed by atoms with Gasteiger partial charge in [-0.25, -0.2) is 0 Å². The molecule has 0 bridgehead atoms. The Kier molecular flexibility index (Phi) is 5.35. The maximum Gasteiger partial charge on any atom is 0.243 e. The van der Waals surface area contributed by atoms with Crippen molar-refractivity contribution in [2.24, 2.45) is 0 Å². The second kappa shape index (κ2) is 7.46. The smallest absolute Gasteiger partial charge is 0.243 e. The molecule has 0 aliphatic carbocycles. The number of carbonyl (C=O) groups is 1. The number of nitrogens with one attached hydrogen (secondary N) is 2. The Morgan fingerprint density at radius 3 is 2.29 bits per heavy atom. The molecule has 0 heterocycles. The molecular formula is C16H14BrN3O. The van der Waals surface area contributed by atoms with Gasteiger partial charge in [0.15, 0.2) is 0 Å². The van der Waals surface area contributed by atoms with Crippen LogP contribution in [0.15, 0.2) is 53.0 Å². The number of hydrogen-bond acceptors (Lipinski definition) is 3. The van der Waals surface area contributed by atoms with E-state index in [-0.39, 0.29) is 12.5 Å². The fraction of sp³-hybridized carbons (Fsp3) is 0.125. The van der Waals surface area contributed by atoms with Gasteiger partial charge < -0.3 is 10.6 Å². The van der Waals surface area contributed by atoms with Crippen molar-refractivity contribution in [2.45, 2.75) is 6.42 Å². The van der Waals surface area contributed by atoms with E-state index in [2.05, 4.69) is 32.6 Å². The lowest BCUT2D eigenvalue weighted by Crippen LogP contribution is -2.21. The predicted octanol–water partition coefficient (Wildman–Crippen LogP) is 3.57. The van der Waals surface area contributed by atoms with Crippen LogP contribution in [0.2, 0.25) is 0 Å². The maximum atomic E-state index is 11.8. The second-order valence-electron chi connectivity index (χ2n) is 4.44. The molecule has 0 unspecified atom stereocenters. The highest BCUT2D eigenvalue weighted by molar-refractivity contribution is 9.10. The highest BCUT2D eigenvalue weighted by Gasteiger charge is 2.02. The van der Waals surface area contributed by atoms with Crippen molar-refractivity contribution >= 4 is 33.2 Å². The summed E-state index contributed by atoms with van der Waals surface area (Å²) in [4.78, 5) is 11.8. The molecule has 106 valence electrons. The van der Waals surface area contributed by atoms with Crippen molar-refractivity contribution in [3.05, 3.63) is 58.6 Å². The van der Waals surface area contributed by atoms with Crippen molar-refractivity contribution < 1.29 is 4.79 Å². The van der Waals surface area contributed by atoms with Gasteiger partial charge in [-0.05, 0) is 42.0 Å². The minimum Gasteiger partial charge on any atom is -0.376 e. The van der Waals surface area contributed by atoms with Crippen molar-refractivity contribution in [1.82, 2.24) is 0 Å². The SMILES string of the molecule is N#CCc1ccc(NCC(=O)Nc2ccc(Br)cc2)cc1. The fourth-order valence-corrected chi connectivity index (χ4v) is 2.02. The molecular weight excluding hydrogens is 330 g/mol. The third kappa shape index (κ3) is 4.93. The summed E-state index contributed by atoms with van der Waals surface area (Å²) in [5.74, 6) is -0.113. The standard InChI is InChI=1S/C16H14BrN3O/c17-13-3-7-15(8-4-13)20-16(21)11-19-14-5-1-12(2-6-14)9-10-18/h1-8,19H,9,11H2,(H,20,21). The highest BCUT2D eigenvalue weighted by atomic mass is 79.9. The molecule has 2 rings (SSSR count). The van der Waals surface area contributed by atoms with Gasteiger partial charge >= 0.3 is 0 Å². The number of amides is 1. The van der Waals surface area contributed by atoms with Gasteiger partial charge in [0.25, 0.3) is 0 Å². The third-order valence-electron chi connectivity index (χ3n) is 2.82. The minimum absolute atomic E-state index is 0.113. The predicted molar refractivity (Wildman–Crippen MR) is 87.0 cm³/mol. The number of nitriles is 1. The highest BCUT2D eigenvalue weighted by Crippen LogP contribution is 2.14. The van der Waals surface area contributed by atoms with E-state index < -0.39 is 0 Å². The molecule has 0 radical (unpaired) electrons. The molecule has 0 aromatic heterocycles. The maximum absolute atomic E-state index is 11.8. The van der Waals surface area contributed by atoms with Gasteiger partial charge in [-0.1, -0.05) is 28.1 Å². The second-order valence-corrected chi connectivity index (χ2v) is 5.36. The Hall–Kier alpha value is -2.32. The number of carbonyl (C=O) groups excluding carboxylic acids is 1. The molecule has 1 amide bonds. The lowest BCUT2D eigenvalue weighted by molar-refractivity contribution is -0.114. The van der Waals surface area contributed by atoms with Crippen LogP contribution in [0.1, 0.15) is 5.56 Å². The zero-order valence-electron chi connectivity index (χ0n) is 11.3. The summed E-state index contributed by atoms with van der Waals surface area (Å²) < 4.78 is 0.969. The van der Waals surface area contributed by atoms with Crippen molar-refractivity contribution in [3.8, 4) is 6.07 Å².